The maximum atomic E-state index is 12.7. The first-order valence-electron chi connectivity index (χ1n) is 11.8. The summed E-state index contributed by atoms with van der Waals surface area (Å²) < 4.78 is 0. The number of amides is 1. The minimum atomic E-state index is -0.0194. The number of fused-ring (bicyclic) bond motifs is 1. The summed E-state index contributed by atoms with van der Waals surface area (Å²) in [7, 11) is 0. The number of thiophene rings is 1. The number of nitrogens with zero attached hydrogens (tertiary/aromatic N) is 2. The van der Waals surface area contributed by atoms with Gasteiger partial charge in [0, 0.05) is 40.0 Å². The summed E-state index contributed by atoms with van der Waals surface area (Å²) >= 11 is 14.2. The molecule has 1 N–H and O–H groups in total. The molecular weight excluding hydrogens is 473 g/mol. The van der Waals surface area contributed by atoms with Crippen molar-refractivity contribution < 1.29 is 4.79 Å². The third-order valence-electron chi connectivity index (χ3n) is 6.45. The molecule has 178 valence electrons. The van der Waals surface area contributed by atoms with Gasteiger partial charge in [-0.3, -0.25) is 9.69 Å². The Bertz CT molecular complexity index is 1020. The van der Waals surface area contributed by atoms with Crippen molar-refractivity contribution in [3.63, 3.8) is 0 Å². The summed E-state index contributed by atoms with van der Waals surface area (Å²) in [6, 6.07) is 8.43. The molecule has 0 fully saturated rings. The molecule has 1 aliphatic carbocycles. The Labute approximate surface area is 211 Å². The van der Waals surface area contributed by atoms with E-state index in [0.29, 0.717) is 27.6 Å². The Morgan fingerprint density at radius 3 is 2.64 bits per heavy atom. The second kappa shape index (κ2) is 11.7. The minimum absolute atomic E-state index is 0.0189. The molecule has 0 spiro atoms. The van der Waals surface area contributed by atoms with Crippen molar-refractivity contribution in [3.8, 4) is 6.07 Å². The van der Waals surface area contributed by atoms with Crippen LogP contribution in [0.2, 0.25) is 10.0 Å². The maximum absolute atomic E-state index is 12.7. The van der Waals surface area contributed by atoms with Crippen LogP contribution in [0.4, 0.5) is 5.00 Å². The molecular formula is C26H33Cl2N3OS. The summed E-state index contributed by atoms with van der Waals surface area (Å²) in [5.41, 5.74) is 2.85. The molecule has 0 saturated carbocycles. The van der Waals surface area contributed by atoms with Crippen molar-refractivity contribution in [1.82, 2.24) is 4.90 Å². The van der Waals surface area contributed by atoms with E-state index >= 15 is 0 Å². The number of carbonyl (C=O) groups is 1. The lowest BCUT2D eigenvalue weighted by Crippen LogP contribution is -2.40. The Balaban J connectivity index is 1.83. The molecule has 0 bridgehead atoms. The molecule has 1 aromatic carbocycles. The molecule has 0 saturated heterocycles. The second-order valence-electron chi connectivity index (χ2n) is 9.28. The lowest BCUT2D eigenvalue weighted by atomic mass is 9.90. The number of benzene rings is 1. The van der Waals surface area contributed by atoms with Crippen LogP contribution < -0.4 is 5.32 Å². The van der Waals surface area contributed by atoms with Gasteiger partial charge < -0.3 is 5.32 Å². The fraction of sp³-hybridized carbons (Fsp3) is 0.538. The predicted octanol–water partition coefficient (Wildman–Crippen LogP) is 7.32. The zero-order chi connectivity index (χ0) is 24.1. The second-order valence-corrected chi connectivity index (χ2v) is 11.2. The number of anilines is 1. The molecule has 7 heteroatoms. The number of rotatable bonds is 9. The summed E-state index contributed by atoms with van der Waals surface area (Å²) in [6.07, 6.45) is 4.32. The van der Waals surface area contributed by atoms with Crippen LogP contribution in [-0.2, 0) is 24.2 Å². The van der Waals surface area contributed by atoms with Crippen molar-refractivity contribution in [2.75, 3.05) is 11.9 Å². The molecule has 1 unspecified atom stereocenters. The number of nitriles is 1. The zero-order valence-electron chi connectivity index (χ0n) is 19.9. The smallest absolute Gasteiger partial charge is 0.228 e. The van der Waals surface area contributed by atoms with Crippen LogP contribution >= 0.6 is 34.5 Å². The van der Waals surface area contributed by atoms with E-state index in [0.717, 1.165) is 61.3 Å². The third-order valence-corrected chi connectivity index (χ3v) is 8.21. The molecule has 2 aromatic rings. The Morgan fingerprint density at radius 1 is 1.30 bits per heavy atom. The molecule has 3 rings (SSSR count). The van der Waals surface area contributed by atoms with Gasteiger partial charge in [0.25, 0.3) is 0 Å². The monoisotopic (exact) mass is 505 g/mol. The van der Waals surface area contributed by atoms with Crippen LogP contribution in [0.1, 0.15) is 68.5 Å². The van der Waals surface area contributed by atoms with E-state index < -0.39 is 0 Å². The lowest BCUT2D eigenvalue weighted by molar-refractivity contribution is -0.120. The van der Waals surface area contributed by atoms with E-state index in [4.69, 9.17) is 23.2 Å². The topological polar surface area (TPSA) is 56.1 Å². The third kappa shape index (κ3) is 6.31. The highest BCUT2D eigenvalue weighted by Crippen LogP contribution is 2.39. The number of hydrogen-bond acceptors (Lipinski definition) is 4. The maximum Gasteiger partial charge on any atom is 0.228 e. The van der Waals surface area contributed by atoms with Gasteiger partial charge in [0.1, 0.15) is 11.1 Å². The highest BCUT2D eigenvalue weighted by atomic mass is 35.5. The van der Waals surface area contributed by atoms with Gasteiger partial charge in [-0.1, -0.05) is 57.0 Å². The summed E-state index contributed by atoms with van der Waals surface area (Å²) in [5, 5.41) is 15.0. The average Bonchev–Trinajstić information content (AvgIpc) is 3.11. The minimum Gasteiger partial charge on any atom is -0.316 e. The number of carbonyl (C=O) groups excluding carboxylic acids is 1. The molecule has 1 amide bonds. The summed E-state index contributed by atoms with van der Waals surface area (Å²) in [4.78, 5) is 16.4. The van der Waals surface area contributed by atoms with Crippen LogP contribution in [0, 0.1) is 23.2 Å². The first-order valence-corrected chi connectivity index (χ1v) is 13.4. The number of halogens is 2. The first kappa shape index (κ1) is 26.0. The van der Waals surface area contributed by atoms with Crippen molar-refractivity contribution in [2.45, 2.75) is 72.4 Å². The highest BCUT2D eigenvalue weighted by molar-refractivity contribution is 7.16. The molecule has 33 heavy (non-hydrogen) atoms. The normalized spacial score (nSPS) is 15.7. The van der Waals surface area contributed by atoms with Gasteiger partial charge in [0.05, 0.1) is 5.56 Å². The molecule has 4 nitrogen and oxygen atoms in total. The van der Waals surface area contributed by atoms with E-state index in [1.54, 1.807) is 17.4 Å². The van der Waals surface area contributed by atoms with Crippen LogP contribution in [0.25, 0.3) is 0 Å². The molecule has 0 aliphatic heterocycles. The largest absolute Gasteiger partial charge is 0.316 e. The quantitative estimate of drug-likeness (QED) is 0.388. The molecule has 1 atom stereocenters. The summed E-state index contributed by atoms with van der Waals surface area (Å²) in [6.45, 7) is 10.2. The van der Waals surface area contributed by atoms with Gasteiger partial charge in [-0.25, -0.2) is 0 Å². The van der Waals surface area contributed by atoms with Crippen molar-refractivity contribution >= 4 is 45.4 Å². The molecule has 1 aliphatic rings. The van der Waals surface area contributed by atoms with Crippen molar-refractivity contribution in [3.05, 3.63) is 49.8 Å². The van der Waals surface area contributed by atoms with Crippen molar-refractivity contribution in [2.24, 2.45) is 11.8 Å². The molecule has 1 aromatic heterocycles. The SMILES string of the molecule is CCC(CC)C(=O)Nc1sc2c(c1C#N)CCC(N(Cc1ccc(Cl)cc1Cl)CC(C)C)C2. The van der Waals surface area contributed by atoms with Gasteiger partial charge in [-0.05, 0) is 61.3 Å². The van der Waals surface area contributed by atoms with Crippen LogP contribution in [0.15, 0.2) is 18.2 Å². The van der Waals surface area contributed by atoms with Gasteiger partial charge in [0.2, 0.25) is 5.91 Å². The molecule has 0 radical (unpaired) electrons. The van der Waals surface area contributed by atoms with Crippen LogP contribution in [0.5, 0.6) is 0 Å². The van der Waals surface area contributed by atoms with Gasteiger partial charge in [0.15, 0.2) is 0 Å². The Hall–Kier alpha value is -1.58. The van der Waals surface area contributed by atoms with Crippen molar-refractivity contribution in [1.29, 1.82) is 5.26 Å². The van der Waals surface area contributed by atoms with E-state index in [1.807, 2.05) is 26.0 Å². The summed E-state index contributed by atoms with van der Waals surface area (Å²) in [5.74, 6) is 0.518. The van der Waals surface area contributed by atoms with E-state index in [2.05, 4.69) is 30.1 Å². The van der Waals surface area contributed by atoms with E-state index in [1.165, 1.54) is 4.88 Å². The van der Waals surface area contributed by atoms with Crippen LogP contribution in [0.3, 0.4) is 0 Å². The van der Waals surface area contributed by atoms with Gasteiger partial charge in [-0.2, -0.15) is 5.26 Å². The Kier molecular flexibility index (Phi) is 9.24. The van der Waals surface area contributed by atoms with Gasteiger partial charge in [-0.15, -0.1) is 11.3 Å². The Morgan fingerprint density at radius 2 is 2.03 bits per heavy atom. The lowest BCUT2D eigenvalue weighted by Gasteiger charge is -2.35. The zero-order valence-corrected chi connectivity index (χ0v) is 22.2. The van der Waals surface area contributed by atoms with Crippen LogP contribution in [-0.4, -0.2) is 23.4 Å². The average molecular weight is 507 g/mol. The van der Waals surface area contributed by atoms with E-state index in [9.17, 15) is 10.1 Å². The number of hydrogen-bond donors (Lipinski definition) is 1. The van der Waals surface area contributed by atoms with E-state index in [-0.39, 0.29) is 11.8 Å². The highest BCUT2D eigenvalue weighted by Gasteiger charge is 2.30. The fourth-order valence-corrected chi connectivity index (χ4v) is 6.38. The fourth-order valence-electron chi connectivity index (χ4n) is 4.64. The predicted molar refractivity (Wildman–Crippen MR) is 139 cm³/mol. The molecule has 1 heterocycles. The standard InChI is InChI=1S/C26H33Cl2N3OS/c1-5-17(6-2)25(32)30-26-22(13-29)21-10-9-20(12-24(21)33-26)31(14-16(3)4)15-18-7-8-19(27)11-23(18)28/h7-8,11,16-17,20H,5-6,9-10,12,14-15H2,1-4H3,(H,30,32). The number of nitrogens with one attached hydrogen (secondary N) is 1. The first-order chi connectivity index (χ1) is 15.8. The van der Waals surface area contributed by atoms with Gasteiger partial charge >= 0.3 is 0 Å².